The summed E-state index contributed by atoms with van der Waals surface area (Å²) in [6.45, 7) is -0.591. The minimum Gasteiger partial charge on any atom is -0.481 e. The first-order valence-electron chi connectivity index (χ1n) is 7.97. The molecule has 0 radical (unpaired) electrons. The van der Waals surface area contributed by atoms with Crippen molar-refractivity contribution in [3.63, 3.8) is 0 Å². The van der Waals surface area contributed by atoms with Crippen LogP contribution >= 0.6 is 15.9 Å². The van der Waals surface area contributed by atoms with Crippen LogP contribution in [0.15, 0.2) is 58.6 Å². The maximum Gasteiger partial charge on any atom is 0.341 e. The molecule has 2 aromatic carbocycles. The number of urea groups is 1. The van der Waals surface area contributed by atoms with E-state index >= 15 is 0 Å². The van der Waals surface area contributed by atoms with Crippen LogP contribution in [0, 0.1) is 0 Å². The fourth-order valence-corrected chi connectivity index (χ4v) is 2.91. The number of nitrogens with zero attached hydrogens (tertiary/aromatic N) is 1. The van der Waals surface area contributed by atoms with E-state index in [1.165, 1.54) is 12.1 Å². The molecule has 1 saturated heterocycles. The predicted octanol–water partition coefficient (Wildman–Crippen LogP) is 2.58. The molecule has 1 fully saturated rings. The monoisotopic (exact) mass is 444 g/mol. The smallest absolute Gasteiger partial charge is 0.341 e. The number of hydrogen-bond donors (Lipinski definition) is 2. The lowest BCUT2D eigenvalue weighted by Crippen LogP contribution is -2.54. The molecular weight excluding hydrogens is 432 g/mol. The molecule has 28 heavy (non-hydrogen) atoms. The molecule has 142 valence electrons. The Morgan fingerprint density at radius 1 is 1.14 bits per heavy atom. The summed E-state index contributed by atoms with van der Waals surface area (Å²) < 4.78 is 5.84. The second-order valence-corrected chi connectivity index (χ2v) is 6.57. The van der Waals surface area contributed by atoms with E-state index in [9.17, 15) is 19.2 Å². The predicted molar refractivity (Wildman–Crippen MR) is 103 cm³/mol. The fourth-order valence-electron chi connectivity index (χ4n) is 2.53. The Hall–Kier alpha value is -3.46. The van der Waals surface area contributed by atoms with E-state index in [0.29, 0.717) is 15.7 Å². The van der Waals surface area contributed by atoms with Crippen molar-refractivity contribution in [3.05, 3.63) is 64.1 Å². The Labute approximate surface area is 167 Å². The quantitative estimate of drug-likeness (QED) is 0.541. The molecule has 2 N–H and O–H groups in total. The number of hydrogen-bond acceptors (Lipinski definition) is 5. The highest BCUT2D eigenvalue weighted by Gasteiger charge is 2.36. The standard InChI is InChI=1S/C19H13BrN2O6/c20-12-6-7-15(28-10-16(23)24)11(8-12)9-14-17(25)21-19(27)22(18(14)26)13-4-2-1-3-5-13/h1-9H,10H2,(H,23,24)(H,21,25,27)/b14-9-. The molecular formula is C19H13BrN2O6. The number of carbonyl (C=O) groups excluding carboxylic acids is 3. The molecule has 0 saturated carbocycles. The van der Waals surface area contributed by atoms with Gasteiger partial charge in [0.2, 0.25) is 0 Å². The van der Waals surface area contributed by atoms with Gasteiger partial charge in [-0.25, -0.2) is 14.5 Å². The van der Waals surface area contributed by atoms with Crippen LogP contribution in [-0.4, -0.2) is 35.5 Å². The van der Waals surface area contributed by atoms with Gasteiger partial charge >= 0.3 is 12.0 Å². The van der Waals surface area contributed by atoms with Crippen molar-refractivity contribution in [1.29, 1.82) is 0 Å². The molecule has 0 spiro atoms. The Bertz CT molecular complexity index is 1000. The average Bonchev–Trinajstić information content (AvgIpc) is 2.65. The second kappa shape index (κ2) is 8.05. The number of para-hydroxylation sites is 1. The van der Waals surface area contributed by atoms with E-state index in [0.717, 1.165) is 4.90 Å². The number of barbiturate groups is 1. The van der Waals surface area contributed by atoms with E-state index in [-0.39, 0.29) is 11.3 Å². The third-order valence-electron chi connectivity index (χ3n) is 3.74. The largest absolute Gasteiger partial charge is 0.481 e. The van der Waals surface area contributed by atoms with Gasteiger partial charge < -0.3 is 9.84 Å². The van der Waals surface area contributed by atoms with Crippen LogP contribution in [0.4, 0.5) is 10.5 Å². The Kier molecular flexibility index (Phi) is 5.55. The highest BCUT2D eigenvalue weighted by molar-refractivity contribution is 9.10. The van der Waals surface area contributed by atoms with Crippen LogP contribution in [0.5, 0.6) is 5.75 Å². The van der Waals surface area contributed by atoms with Crippen molar-refractivity contribution < 1.29 is 29.0 Å². The number of benzene rings is 2. The number of carboxylic acids is 1. The highest BCUT2D eigenvalue weighted by Crippen LogP contribution is 2.28. The van der Waals surface area contributed by atoms with Gasteiger partial charge in [0, 0.05) is 10.0 Å². The zero-order valence-electron chi connectivity index (χ0n) is 14.2. The Morgan fingerprint density at radius 3 is 2.54 bits per heavy atom. The maximum atomic E-state index is 12.8. The number of carboxylic acid groups (broad SMARTS) is 1. The molecule has 2 aromatic rings. The molecule has 8 nitrogen and oxygen atoms in total. The zero-order valence-corrected chi connectivity index (χ0v) is 15.8. The van der Waals surface area contributed by atoms with Crippen molar-refractivity contribution in [2.45, 2.75) is 0 Å². The van der Waals surface area contributed by atoms with Crippen LogP contribution in [0.1, 0.15) is 5.56 Å². The minimum atomic E-state index is -1.17. The van der Waals surface area contributed by atoms with E-state index in [1.54, 1.807) is 42.5 Å². The van der Waals surface area contributed by atoms with Crippen molar-refractivity contribution in [2.24, 2.45) is 0 Å². The van der Waals surface area contributed by atoms with Gasteiger partial charge in [-0.1, -0.05) is 34.1 Å². The summed E-state index contributed by atoms with van der Waals surface area (Å²) in [7, 11) is 0. The van der Waals surface area contributed by atoms with Crippen LogP contribution in [0.2, 0.25) is 0 Å². The fraction of sp³-hybridized carbons (Fsp3) is 0.0526. The van der Waals surface area contributed by atoms with E-state index in [1.807, 2.05) is 0 Å². The number of carbonyl (C=O) groups is 4. The molecule has 3 rings (SSSR count). The number of halogens is 1. The van der Waals surface area contributed by atoms with Crippen molar-refractivity contribution in [2.75, 3.05) is 11.5 Å². The normalized spacial score (nSPS) is 15.5. The second-order valence-electron chi connectivity index (χ2n) is 5.66. The van der Waals surface area contributed by atoms with Gasteiger partial charge in [0.15, 0.2) is 6.61 Å². The van der Waals surface area contributed by atoms with Crippen LogP contribution in [-0.2, 0) is 14.4 Å². The molecule has 0 aliphatic carbocycles. The highest BCUT2D eigenvalue weighted by atomic mass is 79.9. The van der Waals surface area contributed by atoms with Gasteiger partial charge in [0.1, 0.15) is 11.3 Å². The van der Waals surface area contributed by atoms with Crippen molar-refractivity contribution in [1.82, 2.24) is 5.32 Å². The van der Waals surface area contributed by atoms with Crippen LogP contribution in [0.3, 0.4) is 0 Å². The zero-order chi connectivity index (χ0) is 20.3. The first-order chi connectivity index (χ1) is 13.4. The number of aliphatic carboxylic acids is 1. The van der Waals surface area contributed by atoms with Gasteiger partial charge in [-0.05, 0) is 36.4 Å². The number of nitrogens with one attached hydrogen (secondary N) is 1. The molecule has 4 amide bonds. The average molecular weight is 445 g/mol. The summed E-state index contributed by atoms with van der Waals surface area (Å²) in [4.78, 5) is 48.9. The first kappa shape index (κ1) is 19.3. The van der Waals surface area contributed by atoms with Gasteiger partial charge in [-0.2, -0.15) is 0 Å². The summed E-state index contributed by atoms with van der Waals surface area (Å²) >= 11 is 3.28. The lowest BCUT2D eigenvalue weighted by atomic mass is 10.1. The minimum absolute atomic E-state index is 0.168. The molecule has 1 aliphatic rings. The number of rotatable bonds is 5. The van der Waals surface area contributed by atoms with Gasteiger partial charge in [-0.15, -0.1) is 0 Å². The molecule has 1 heterocycles. The lowest BCUT2D eigenvalue weighted by molar-refractivity contribution is -0.139. The Balaban J connectivity index is 2.02. The van der Waals surface area contributed by atoms with Gasteiger partial charge in [-0.3, -0.25) is 14.9 Å². The Morgan fingerprint density at radius 2 is 1.86 bits per heavy atom. The molecule has 0 atom stereocenters. The molecule has 9 heteroatoms. The summed E-state index contributed by atoms with van der Waals surface area (Å²) in [5.41, 5.74) is 0.318. The SMILES string of the molecule is O=C(O)COc1ccc(Br)cc1/C=C1/C(=O)NC(=O)N(c2ccccc2)C1=O. The number of imide groups is 2. The molecule has 0 bridgehead atoms. The summed E-state index contributed by atoms with van der Waals surface area (Å²) in [6, 6.07) is 12.0. The van der Waals surface area contributed by atoms with Gasteiger partial charge in [0.05, 0.1) is 5.69 Å². The summed E-state index contributed by atoms with van der Waals surface area (Å²) in [5, 5.41) is 10.9. The third-order valence-corrected chi connectivity index (χ3v) is 4.23. The van der Waals surface area contributed by atoms with Gasteiger partial charge in [0.25, 0.3) is 11.8 Å². The number of anilines is 1. The van der Waals surface area contributed by atoms with E-state index in [4.69, 9.17) is 9.84 Å². The summed E-state index contributed by atoms with van der Waals surface area (Å²) in [6.07, 6.45) is 1.25. The maximum absolute atomic E-state index is 12.8. The topological polar surface area (TPSA) is 113 Å². The molecule has 0 aromatic heterocycles. The lowest BCUT2D eigenvalue weighted by Gasteiger charge is -2.26. The number of amides is 4. The first-order valence-corrected chi connectivity index (χ1v) is 8.77. The van der Waals surface area contributed by atoms with E-state index in [2.05, 4.69) is 21.2 Å². The van der Waals surface area contributed by atoms with Crippen molar-refractivity contribution in [3.8, 4) is 5.75 Å². The van der Waals surface area contributed by atoms with Crippen LogP contribution < -0.4 is 15.0 Å². The summed E-state index contributed by atoms with van der Waals surface area (Å²) in [5.74, 6) is -2.66. The van der Waals surface area contributed by atoms with E-state index < -0.39 is 30.4 Å². The van der Waals surface area contributed by atoms with Crippen molar-refractivity contribution >= 4 is 51.5 Å². The number of ether oxygens (including phenoxy) is 1. The third kappa shape index (κ3) is 4.09. The van der Waals surface area contributed by atoms with Crippen LogP contribution in [0.25, 0.3) is 6.08 Å². The molecule has 1 aliphatic heterocycles. The molecule has 0 unspecified atom stereocenters.